The first-order valence-corrected chi connectivity index (χ1v) is 11.2. The van der Waals surface area contributed by atoms with Gasteiger partial charge in [0.05, 0.1) is 5.69 Å². The third kappa shape index (κ3) is 8.19. The van der Waals surface area contributed by atoms with Crippen LogP contribution < -0.4 is 4.74 Å². The lowest BCUT2D eigenvalue weighted by Crippen LogP contribution is -2.20. The Hall–Kier alpha value is -4.33. The maximum absolute atomic E-state index is 12.3. The van der Waals surface area contributed by atoms with Gasteiger partial charge in [0.25, 0.3) is 0 Å². The second-order valence-electron chi connectivity index (χ2n) is 7.99. The van der Waals surface area contributed by atoms with E-state index in [0.717, 1.165) is 11.1 Å². The highest BCUT2D eigenvalue weighted by molar-refractivity contribution is 5.94. The lowest BCUT2D eigenvalue weighted by Gasteiger charge is -2.10. The fraction of sp³-hybridized carbons (Fsp3) is 0.222. The molecule has 0 bridgehead atoms. The van der Waals surface area contributed by atoms with Crippen molar-refractivity contribution in [2.45, 2.75) is 32.6 Å². The monoisotopic (exact) mass is 473 g/mol. The summed E-state index contributed by atoms with van der Waals surface area (Å²) in [7, 11) is 1.54. The number of esters is 1. The second-order valence-corrected chi connectivity index (χ2v) is 7.99. The summed E-state index contributed by atoms with van der Waals surface area (Å²) >= 11 is 0. The molecule has 0 fully saturated rings. The lowest BCUT2D eigenvalue weighted by atomic mass is 10.1. The number of nitrogens with zero attached hydrogens (tertiary/aromatic N) is 3. The van der Waals surface area contributed by atoms with E-state index in [2.05, 4.69) is 10.3 Å². The van der Waals surface area contributed by atoms with E-state index in [9.17, 15) is 19.5 Å². The zero-order valence-corrected chi connectivity index (χ0v) is 19.7. The fourth-order valence-corrected chi connectivity index (χ4v) is 3.16. The van der Waals surface area contributed by atoms with E-state index in [-0.39, 0.29) is 36.3 Å². The van der Waals surface area contributed by atoms with Crippen molar-refractivity contribution in [3.63, 3.8) is 0 Å². The van der Waals surface area contributed by atoms with Gasteiger partial charge in [-0.15, -0.1) is 5.11 Å². The molecule has 0 heterocycles. The van der Waals surface area contributed by atoms with Gasteiger partial charge in [-0.1, -0.05) is 29.5 Å². The fourth-order valence-electron chi connectivity index (χ4n) is 3.16. The molecule has 3 rings (SSSR count). The molecular weight excluding hydrogens is 446 g/mol. The summed E-state index contributed by atoms with van der Waals surface area (Å²) in [5.41, 5.74) is 2.99. The van der Waals surface area contributed by atoms with Gasteiger partial charge in [0.1, 0.15) is 11.5 Å². The van der Waals surface area contributed by atoms with E-state index in [4.69, 9.17) is 4.74 Å². The number of hydrogen-bond acceptors (Lipinski definition) is 7. The van der Waals surface area contributed by atoms with E-state index < -0.39 is 0 Å². The molecule has 0 saturated carbocycles. The smallest absolute Gasteiger partial charge is 0.311 e. The second kappa shape index (κ2) is 12.2. The summed E-state index contributed by atoms with van der Waals surface area (Å²) in [5.74, 6) is 0.0595. The summed E-state index contributed by atoms with van der Waals surface area (Å²) in [6.07, 6.45) is 1.49. The van der Waals surface area contributed by atoms with Crippen molar-refractivity contribution in [3.8, 4) is 11.5 Å². The Morgan fingerprint density at radius 1 is 0.829 bits per heavy atom. The predicted octanol–water partition coefficient (Wildman–Crippen LogP) is 5.22. The number of ether oxygens (including phenoxy) is 1. The third-order valence-electron chi connectivity index (χ3n) is 5.27. The SMILES string of the molecule is CC(=O)c1ccc(N=NN(C)C(=O)CCc2ccc(OC(=O)CCc3ccc(O)cc3)cc2)cc1. The van der Waals surface area contributed by atoms with Crippen LogP contribution in [0.4, 0.5) is 5.69 Å². The van der Waals surface area contributed by atoms with Gasteiger partial charge in [0, 0.05) is 25.5 Å². The Labute approximate surface area is 203 Å². The minimum absolute atomic E-state index is 0.0300. The molecule has 180 valence electrons. The van der Waals surface area contributed by atoms with Gasteiger partial charge in [-0.2, -0.15) is 0 Å². The first-order valence-electron chi connectivity index (χ1n) is 11.2. The van der Waals surface area contributed by atoms with Crippen molar-refractivity contribution in [2.24, 2.45) is 10.3 Å². The largest absolute Gasteiger partial charge is 0.508 e. The summed E-state index contributed by atoms with van der Waals surface area (Å²) in [6.45, 7) is 1.49. The maximum Gasteiger partial charge on any atom is 0.311 e. The van der Waals surface area contributed by atoms with E-state index in [1.807, 2.05) is 12.1 Å². The summed E-state index contributed by atoms with van der Waals surface area (Å²) < 4.78 is 5.36. The Balaban J connectivity index is 1.42. The van der Waals surface area contributed by atoms with Crippen molar-refractivity contribution in [1.82, 2.24) is 5.01 Å². The number of phenols is 1. The molecule has 1 amide bonds. The molecular formula is C27H27N3O5. The van der Waals surface area contributed by atoms with Gasteiger partial charge in [-0.3, -0.25) is 14.4 Å². The number of carbonyl (C=O) groups excluding carboxylic acids is 3. The molecule has 0 aliphatic carbocycles. The number of ketones is 1. The Morgan fingerprint density at radius 2 is 1.40 bits per heavy atom. The van der Waals surface area contributed by atoms with Crippen LogP contribution >= 0.6 is 0 Å². The topological polar surface area (TPSA) is 109 Å². The number of benzene rings is 3. The van der Waals surface area contributed by atoms with Crippen LogP contribution in [-0.2, 0) is 22.4 Å². The van der Waals surface area contributed by atoms with Crippen LogP contribution in [-0.4, -0.2) is 34.8 Å². The van der Waals surface area contributed by atoms with Crippen molar-refractivity contribution >= 4 is 23.3 Å². The minimum atomic E-state index is -0.344. The van der Waals surface area contributed by atoms with Crippen LogP contribution in [0.25, 0.3) is 0 Å². The van der Waals surface area contributed by atoms with Gasteiger partial charge in [-0.25, -0.2) is 5.01 Å². The average Bonchev–Trinajstić information content (AvgIpc) is 2.86. The minimum Gasteiger partial charge on any atom is -0.508 e. The number of carbonyl (C=O) groups is 3. The van der Waals surface area contributed by atoms with Crippen LogP contribution in [0.2, 0.25) is 0 Å². The van der Waals surface area contributed by atoms with Crippen LogP contribution in [0.1, 0.15) is 41.3 Å². The number of phenolic OH excluding ortho intramolecular Hbond substituents is 1. The molecule has 0 aliphatic heterocycles. The highest BCUT2D eigenvalue weighted by Crippen LogP contribution is 2.17. The number of aryl methyl sites for hydroxylation is 2. The summed E-state index contributed by atoms with van der Waals surface area (Å²) in [5, 5.41) is 18.4. The van der Waals surface area contributed by atoms with E-state index in [1.54, 1.807) is 60.7 Å². The summed E-state index contributed by atoms with van der Waals surface area (Å²) in [4.78, 5) is 35.7. The van der Waals surface area contributed by atoms with E-state index in [1.165, 1.54) is 19.0 Å². The Kier molecular flexibility index (Phi) is 8.83. The van der Waals surface area contributed by atoms with Crippen molar-refractivity contribution in [3.05, 3.63) is 89.5 Å². The average molecular weight is 474 g/mol. The van der Waals surface area contributed by atoms with Gasteiger partial charge in [-0.05, 0) is 79.4 Å². The predicted molar refractivity (Wildman–Crippen MR) is 131 cm³/mol. The molecule has 0 atom stereocenters. The molecule has 0 saturated heterocycles. The molecule has 3 aromatic rings. The molecule has 0 spiro atoms. The molecule has 0 radical (unpaired) electrons. The highest BCUT2D eigenvalue weighted by Gasteiger charge is 2.10. The van der Waals surface area contributed by atoms with Crippen LogP contribution in [0, 0.1) is 0 Å². The quantitative estimate of drug-likeness (QED) is 0.143. The third-order valence-corrected chi connectivity index (χ3v) is 5.27. The zero-order chi connectivity index (χ0) is 25.2. The van der Waals surface area contributed by atoms with Crippen LogP contribution in [0.5, 0.6) is 11.5 Å². The van der Waals surface area contributed by atoms with Gasteiger partial charge in [0.15, 0.2) is 5.78 Å². The van der Waals surface area contributed by atoms with Crippen molar-refractivity contribution in [1.29, 1.82) is 0 Å². The molecule has 1 N–H and O–H groups in total. The molecule has 0 unspecified atom stereocenters. The van der Waals surface area contributed by atoms with Crippen molar-refractivity contribution in [2.75, 3.05) is 7.05 Å². The molecule has 3 aromatic carbocycles. The lowest BCUT2D eigenvalue weighted by molar-refractivity contribution is -0.134. The number of aromatic hydroxyl groups is 1. The standard InChI is InChI=1S/C27H27N3O5/c1-19(31)22-9-11-23(12-10-22)28-29-30(2)26(33)17-7-21-5-15-25(16-6-21)35-27(34)18-8-20-3-13-24(32)14-4-20/h3-6,9-16,32H,7-8,17-18H2,1-2H3. The molecule has 0 aliphatic rings. The Morgan fingerprint density at radius 3 is 2.00 bits per heavy atom. The van der Waals surface area contributed by atoms with Crippen molar-refractivity contribution < 1.29 is 24.2 Å². The maximum atomic E-state index is 12.3. The normalized spacial score (nSPS) is 10.8. The van der Waals surface area contributed by atoms with Crippen LogP contribution in [0.3, 0.4) is 0 Å². The molecule has 35 heavy (non-hydrogen) atoms. The first-order chi connectivity index (χ1) is 16.8. The zero-order valence-electron chi connectivity index (χ0n) is 19.7. The number of rotatable bonds is 10. The van der Waals surface area contributed by atoms with E-state index >= 15 is 0 Å². The Bertz CT molecular complexity index is 1190. The highest BCUT2D eigenvalue weighted by atomic mass is 16.5. The van der Waals surface area contributed by atoms with Gasteiger partial charge in [0.2, 0.25) is 5.91 Å². The number of amides is 1. The summed E-state index contributed by atoms with van der Waals surface area (Å²) in [6, 6.07) is 20.4. The van der Waals surface area contributed by atoms with E-state index in [0.29, 0.717) is 29.8 Å². The van der Waals surface area contributed by atoms with Gasteiger partial charge < -0.3 is 9.84 Å². The first kappa shape index (κ1) is 25.3. The van der Waals surface area contributed by atoms with Crippen LogP contribution in [0.15, 0.2) is 83.1 Å². The van der Waals surface area contributed by atoms with Gasteiger partial charge >= 0.3 is 5.97 Å². The number of Topliss-reactive ketones (excluding diaryl/α,β-unsaturated/α-hetero) is 1. The molecule has 0 aromatic heterocycles. The molecule has 8 heteroatoms. The number of hydrogen-bond donors (Lipinski definition) is 1. The molecule has 8 nitrogen and oxygen atoms in total.